The summed E-state index contributed by atoms with van der Waals surface area (Å²) < 4.78 is 0.958. The van der Waals surface area contributed by atoms with Gasteiger partial charge in [-0.15, -0.1) is 0 Å². The number of nitrogens with zero attached hydrogens (tertiary/aromatic N) is 1. The number of halogens is 1. The van der Waals surface area contributed by atoms with E-state index in [1.54, 1.807) is 0 Å². The van der Waals surface area contributed by atoms with E-state index < -0.39 is 0 Å². The molecule has 0 radical (unpaired) electrons. The molecule has 1 N–H and O–H groups in total. The quantitative estimate of drug-likeness (QED) is 0.440. The fraction of sp³-hybridized carbons (Fsp3) is 1.00. The monoisotopic (exact) mass is 137 g/mol. The van der Waals surface area contributed by atoms with E-state index in [4.69, 9.17) is 11.8 Å². The van der Waals surface area contributed by atoms with Gasteiger partial charge < -0.3 is 4.48 Å². The predicted molar refractivity (Wildman–Crippen MR) is 36.8 cm³/mol. The van der Waals surface area contributed by atoms with Crippen molar-refractivity contribution in [2.24, 2.45) is 0 Å². The van der Waals surface area contributed by atoms with Crippen LogP contribution >= 0.6 is 11.8 Å². The summed E-state index contributed by atoms with van der Waals surface area (Å²) in [5.74, 6) is 0. The zero-order valence-electron chi connectivity index (χ0n) is 5.74. The van der Waals surface area contributed by atoms with Gasteiger partial charge in [0.2, 0.25) is 0 Å². The van der Waals surface area contributed by atoms with E-state index in [0.717, 1.165) is 17.6 Å². The third kappa shape index (κ3) is 6.21. The lowest BCUT2D eigenvalue weighted by Crippen LogP contribution is -2.38. The Hall–Kier alpha value is 0.210. The summed E-state index contributed by atoms with van der Waals surface area (Å²) in [6, 6.07) is 0. The second-order valence-electron chi connectivity index (χ2n) is 2.90. The molecule has 0 aliphatic carbocycles. The van der Waals surface area contributed by atoms with E-state index in [2.05, 4.69) is 26.0 Å². The van der Waals surface area contributed by atoms with Crippen LogP contribution in [0.25, 0.3) is 0 Å². The highest BCUT2D eigenvalue weighted by Gasteiger charge is 2.03. The Kier molecular flexibility index (Phi) is 3.36. The Bertz CT molecular complexity index is 57.9. The molecule has 0 aliphatic rings. The van der Waals surface area contributed by atoms with Gasteiger partial charge in [-0.1, -0.05) is 0 Å². The van der Waals surface area contributed by atoms with Gasteiger partial charge in [0.1, 0.15) is 0 Å². The number of rotatable bonds is 3. The van der Waals surface area contributed by atoms with Gasteiger partial charge in [-0.25, -0.2) is 4.84 Å². The molecule has 0 aromatic rings. The Balaban J connectivity index is 3.11. The van der Waals surface area contributed by atoms with E-state index in [1.807, 2.05) is 0 Å². The first-order valence-electron chi connectivity index (χ1n) is 2.70. The summed E-state index contributed by atoms with van der Waals surface area (Å²) in [5, 5.41) is 0. The van der Waals surface area contributed by atoms with E-state index in [0.29, 0.717) is 0 Å². The van der Waals surface area contributed by atoms with Gasteiger partial charge in [0.25, 0.3) is 0 Å². The number of hydrogen-bond donors (Lipinski definition) is 1. The molecule has 0 aliphatic heterocycles. The third-order valence-electron chi connectivity index (χ3n) is 0.877. The summed E-state index contributed by atoms with van der Waals surface area (Å²) in [4.78, 5) is 2.58. The van der Waals surface area contributed by atoms with Gasteiger partial charge in [0.15, 0.2) is 0 Å². The van der Waals surface area contributed by atoms with Gasteiger partial charge in [0, 0.05) is 0 Å². The second-order valence-corrected chi connectivity index (χ2v) is 3.16. The van der Waals surface area contributed by atoms with Gasteiger partial charge in [0.05, 0.1) is 34.2 Å². The number of likely N-dealkylation sites (N-methyl/N-ethyl adjacent to an activating group) is 1. The number of quaternary nitrogens is 1. The highest BCUT2D eigenvalue weighted by atomic mass is 35.5. The maximum Gasteiger partial charge on any atom is 0.0920 e. The van der Waals surface area contributed by atoms with Crippen LogP contribution in [0.3, 0.4) is 0 Å². The molecular formula is C5H14ClN2+. The zero-order valence-corrected chi connectivity index (χ0v) is 6.50. The standard InChI is InChI=1S/C5H14ClN2/c1-8(2,3)5-4-7-6/h7H,4-5H2,1-3H3/q+1. The van der Waals surface area contributed by atoms with Crippen molar-refractivity contribution in [1.29, 1.82) is 0 Å². The van der Waals surface area contributed by atoms with Crippen LogP contribution in [0, 0.1) is 0 Å². The van der Waals surface area contributed by atoms with E-state index in [9.17, 15) is 0 Å². The van der Waals surface area contributed by atoms with Crippen molar-refractivity contribution >= 4 is 11.8 Å². The minimum Gasteiger partial charge on any atom is -0.330 e. The molecule has 0 atom stereocenters. The lowest BCUT2D eigenvalue weighted by Gasteiger charge is -2.22. The van der Waals surface area contributed by atoms with Crippen LogP contribution in [0.1, 0.15) is 0 Å². The van der Waals surface area contributed by atoms with Crippen molar-refractivity contribution in [3.05, 3.63) is 0 Å². The SMILES string of the molecule is C[N+](C)(C)CCNCl. The Labute approximate surface area is 56.1 Å². The molecule has 0 unspecified atom stereocenters. The van der Waals surface area contributed by atoms with Crippen LogP contribution in [-0.2, 0) is 0 Å². The normalized spacial score (nSPS) is 12.0. The van der Waals surface area contributed by atoms with Crippen LogP contribution < -0.4 is 4.84 Å². The first kappa shape index (κ1) is 8.21. The van der Waals surface area contributed by atoms with Crippen molar-refractivity contribution in [1.82, 2.24) is 4.84 Å². The zero-order chi connectivity index (χ0) is 6.62. The lowest BCUT2D eigenvalue weighted by atomic mass is 10.5. The molecule has 0 saturated carbocycles. The molecule has 0 rings (SSSR count). The third-order valence-corrected chi connectivity index (χ3v) is 1.07. The Morgan fingerprint density at radius 2 is 1.88 bits per heavy atom. The molecule has 0 saturated heterocycles. The van der Waals surface area contributed by atoms with Gasteiger partial charge in [-0.05, 0) is 11.8 Å². The van der Waals surface area contributed by atoms with Crippen molar-refractivity contribution in [3.63, 3.8) is 0 Å². The van der Waals surface area contributed by atoms with E-state index >= 15 is 0 Å². The summed E-state index contributed by atoms with van der Waals surface area (Å²) in [6.07, 6.45) is 0. The molecule has 8 heavy (non-hydrogen) atoms. The highest BCUT2D eigenvalue weighted by molar-refractivity contribution is 6.13. The molecule has 0 heterocycles. The number of hydrogen-bond acceptors (Lipinski definition) is 1. The largest absolute Gasteiger partial charge is 0.330 e. The average Bonchev–Trinajstić information content (AvgIpc) is 1.59. The van der Waals surface area contributed by atoms with Crippen LogP contribution in [0.4, 0.5) is 0 Å². The molecule has 0 aromatic heterocycles. The molecule has 2 nitrogen and oxygen atoms in total. The molecule has 0 amide bonds. The Morgan fingerprint density at radius 3 is 2.00 bits per heavy atom. The molecule has 0 spiro atoms. The summed E-state index contributed by atoms with van der Waals surface area (Å²) in [7, 11) is 6.40. The second kappa shape index (κ2) is 3.28. The fourth-order valence-corrected chi connectivity index (χ4v) is 0.462. The summed E-state index contributed by atoms with van der Waals surface area (Å²) >= 11 is 5.25. The van der Waals surface area contributed by atoms with E-state index in [1.165, 1.54) is 0 Å². The van der Waals surface area contributed by atoms with Gasteiger partial charge in [-0.3, -0.25) is 0 Å². The van der Waals surface area contributed by atoms with Crippen molar-refractivity contribution < 1.29 is 4.48 Å². The van der Waals surface area contributed by atoms with E-state index in [-0.39, 0.29) is 0 Å². The minimum absolute atomic E-state index is 0.866. The van der Waals surface area contributed by atoms with Crippen molar-refractivity contribution in [2.45, 2.75) is 0 Å². The first-order valence-corrected chi connectivity index (χ1v) is 3.08. The van der Waals surface area contributed by atoms with Crippen LogP contribution in [0.15, 0.2) is 0 Å². The van der Waals surface area contributed by atoms with Crippen LogP contribution in [0.2, 0.25) is 0 Å². The highest BCUT2D eigenvalue weighted by Crippen LogP contribution is 1.85. The molecule has 0 aromatic carbocycles. The van der Waals surface area contributed by atoms with Crippen molar-refractivity contribution in [3.8, 4) is 0 Å². The summed E-state index contributed by atoms with van der Waals surface area (Å²) in [6.45, 7) is 1.93. The van der Waals surface area contributed by atoms with Crippen LogP contribution in [0.5, 0.6) is 0 Å². The van der Waals surface area contributed by atoms with Crippen molar-refractivity contribution in [2.75, 3.05) is 34.2 Å². The fourth-order valence-electron chi connectivity index (χ4n) is 0.378. The van der Waals surface area contributed by atoms with Gasteiger partial charge >= 0.3 is 0 Å². The number of nitrogens with one attached hydrogen (secondary N) is 1. The first-order chi connectivity index (χ1) is 3.56. The predicted octanol–water partition coefficient (Wildman–Crippen LogP) is 0.436. The molecule has 50 valence electrons. The summed E-state index contributed by atoms with van der Waals surface area (Å²) in [5.41, 5.74) is 0. The van der Waals surface area contributed by atoms with Gasteiger partial charge in [-0.2, -0.15) is 0 Å². The smallest absolute Gasteiger partial charge is 0.0920 e. The molecule has 0 bridgehead atoms. The maximum absolute atomic E-state index is 5.25. The maximum atomic E-state index is 5.25. The minimum atomic E-state index is 0.866. The Morgan fingerprint density at radius 1 is 1.38 bits per heavy atom. The molecule has 3 heteroatoms. The van der Waals surface area contributed by atoms with Crippen LogP contribution in [-0.4, -0.2) is 38.7 Å². The lowest BCUT2D eigenvalue weighted by molar-refractivity contribution is -0.869. The topological polar surface area (TPSA) is 12.0 Å². The average molecular weight is 138 g/mol. The molecule has 0 fully saturated rings. The molecular weight excluding hydrogens is 124 g/mol.